The number of anilines is 3. The molecule has 5 nitrogen and oxygen atoms in total. The van der Waals surface area contributed by atoms with Gasteiger partial charge in [-0.25, -0.2) is 9.97 Å². The van der Waals surface area contributed by atoms with Crippen molar-refractivity contribution < 1.29 is 4.79 Å². The number of benzene rings is 2. The third-order valence-electron chi connectivity index (χ3n) is 3.30. The first-order valence-electron chi connectivity index (χ1n) is 7.45. The number of aromatic nitrogens is 2. The molecule has 2 N–H and O–H groups in total. The van der Waals surface area contributed by atoms with Crippen LogP contribution < -0.4 is 10.6 Å². The Kier molecular flexibility index (Phi) is 5.16. The molecule has 1 amide bonds. The van der Waals surface area contributed by atoms with Crippen LogP contribution in [0.5, 0.6) is 0 Å². The van der Waals surface area contributed by atoms with Gasteiger partial charge in [-0.15, -0.1) is 0 Å². The van der Waals surface area contributed by atoms with E-state index in [1.54, 1.807) is 31.2 Å². The zero-order chi connectivity index (χ0) is 17.8. The molecule has 3 aromatic rings. The highest BCUT2D eigenvalue weighted by Gasteiger charge is 2.13. The van der Waals surface area contributed by atoms with Crippen molar-refractivity contribution in [2.75, 3.05) is 10.6 Å². The van der Waals surface area contributed by atoms with Gasteiger partial charge in [0.05, 0.1) is 10.7 Å². The quantitative estimate of drug-likeness (QED) is 0.669. The van der Waals surface area contributed by atoms with E-state index in [0.717, 1.165) is 5.69 Å². The Balaban J connectivity index is 1.82. The van der Waals surface area contributed by atoms with E-state index < -0.39 is 0 Å². The Labute approximate surface area is 155 Å². The first kappa shape index (κ1) is 17.2. The third kappa shape index (κ3) is 4.47. The monoisotopic (exact) mass is 372 g/mol. The average Bonchev–Trinajstić information content (AvgIpc) is 2.57. The van der Waals surface area contributed by atoms with Crippen molar-refractivity contribution in [3.05, 3.63) is 76.0 Å². The van der Waals surface area contributed by atoms with Gasteiger partial charge in [0.25, 0.3) is 5.91 Å². The summed E-state index contributed by atoms with van der Waals surface area (Å²) < 4.78 is 0. The highest BCUT2D eigenvalue weighted by atomic mass is 35.5. The highest BCUT2D eigenvalue weighted by Crippen LogP contribution is 2.25. The van der Waals surface area contributed by atoms with Crippen molar-refractivity contribution in [3.8, 4) is 0 Å². The molecular weight excluding hydrogens is 359 g/mol. The summed E-state index contributed by atoms with van der Waals surface area (Å²) in [4.78, 5) is 21.1. The largest absolute Gasteiger partial charge is 0.324 e. The second-order valence-electron chi connectivity index (χ2n) is 5.29. The SMILES string of the molecule is Cc1cc(C(=O)Nc2ccc(Cl)cc2Cl)nc(Nc2ccccc2)n1. The highest BCUT2D eigenvalue weighted by molar-refractivity contribution is 6.36. The lowest BCUT2D eigenvalue weighted by Crippen LogP contribution is -2.15. The summed E-state index contributed by atoms with van der Waals surface area (Å²) in [7, 11) is 0. The molecule has 2 aromatic carbocycles. The molecule has 0 saturated carbocycles. The van der Waals surface area contributed by atoms with E-state index in [2.05, 4.69) is 20.6 Å². The zero-order valence-corrected chi connectivity index (χ0v) is 14.8. The van der Waals surface area contributed by atoms with E-state index in [0.29, 0.717) is 27.4 Å². The molecule has 7 heteroatoms. The topological polar surface area (TPSA) is 66.9 Å². The average molecular weight is 373 g/mol. The van der Waals surface area contributed by atoms with Crippen molar-refractivity contribution in [1.29, 1.82) is 0 Å². The van der Waals surface area contributed by atoms with Crippen LogP contribution in [-0.4, -0.2) is 15.9 Å². The van der Waals surface area contributed by atoms with Crippen molar-refractivity contribution in [2.24, 2.45) is 0 Å². The van der Waals surface area contributed by atoms with Gasteiger partial charge in [0, 0.05) is 16.4 Å². The summed E-state index contributed by atoms with van der Waals surface area (Å²) in [5, 5.41) is 6.65. The minimum absolute atomic E-state index is 0.233. The molecule has 0 bridgehead atoms. The van der Waals surface area contributed by atoms with Crippen LogP contribution in [-0.2, 0) is 0 Å². The molecule has 126 valence electrons. The fraction of sp³-hybridized carbons (Fsp3) is 0.0556. The van der Waals surface area contributed by atoms with Crippen LogP contribution in [0.4, 0.5) is 17.3 Å². The van der Waals surface area contributed by atoms with Crippen molar-refractivity contribution in [1.82, 2.24) is 9.97 Å². The number of carbonyl (C=O) groups is 1. The summed E-state index contributed by atoms with van der Waals surface area (Å²) in [6.07, 6.45) is 0. The second-order valence-corrected chi connectivity index (χ2v) is 6.13. The predicted molar refractivity (Wildman–Crippen MR) is 101 cm³/mol. The van der Waals surface area contributed by atoms with Crippen LogP contribution in [0, 0.1) is 6.92 Å². The Bertz CT molecular complexity index is 916. The van der Waals surface area contributed by atoms with Crippen molar-refractivity contribution in [2.45, 2.75) is 6.92 Å². The van der Waals surface area contributed by atoms with Crippen LogP contribution in [0.2, 0.25) is 10.0 Å². The molecular formula is C18H14Cl2N4O. The second kappa shape index (κ2) is 7.51. The van der Waals surface area contributed by atoms with Gasteiger partial charge in [-0.3, -0.25) is 4.79 Å². The molecule has 3 rings (SSSR count). The minimum atomic E-state index is -0.383. The van der Waals surface area contributed by atoms with E-state index in [9.17, 15) is 4.79 Å². The summed E-state index contributed by atoms with van der Waals surface area (Å²) >= 11 is 11.9. The van der Waals surface area contributed by atoms with E-state index >= 15 is 0 Å². The summed E-state index contributed by atoms with van der Waals surface area (Å²) in [5.41, 5.74) is 2.20. The Morgan fingerprint density at radius 1 is 1.00 bits per heavy atom. The zero-order valence-electron chi connectivity index (χ0n) is 13.3. The lowest BCUT2D eigenvalue weighted by Gasteiger charge is -2.10. The summed E-state index contributed by atoms with van der Waals surface area (Å²) in [5.74, 6) is -0.0376. The number of rotatable bonds is 4. The van der Waals surface area contributed by atoms with Gasteiger partial charge in [-0.2, -0.15) is 0 Å². The molecule has 1 heterocycles. The maximum atomic E-state index is 12.5. The number of halogens is 2. The fourth-order valence-electron chi connectivity index (χ4n) is 2.17. The molecule has 0 spiro atoms. The maximum Gasteiger partial charge on any atom is 0.274 e. The molecule has 0 atom stereocenters. The molecule has 0 aliphatic rings. The lowest BCUT2D eigenvalue weighted by atomic mass is 10.2. The van der Waals surface area contributed by atoms with Gasteiger partial charge in [-0.05, 0) is 43.3 Å². The fourth-order valence-corrected chi connectivity index (χ4v) is 2.62. The van der Waals surface area contributed by atoms with Crippen LogP contribution in [0.3, 0.4) is 0 Å². The standard InChI is InChI=1S/C18H14Cl2N4O/c1-11-9-16(17(25)23-15-8-7-12(19)10-14(15)20)24-18(21-11)22-13-5-3-2-4-6-13/h2-10H,1H3,(H,23,25)(H,21,22,24). The molecule has 0 radical (unpaired) electrons. The van der Waals surface area contributed by atoms with Crippen LogP contribution >= 0.6 is 23.2 Å². The van der Waals surface area contributed by atoms with E-state index in [4.69, 9.17) is 23.2 Å². The van der Waals surface area contributed by atoms with E-state index in [1.165, 1.54) is 0 Å². The number of para-hydroxylation sites is 1. The number of hydrogen-bond acceptors (Lipinski definition) is 4. The van der Waals surface area contributed by atoms with E-state index in [-0.39, 0.29) is 11.6 Å². The number of nitrogens with zero attached hydrogens (tertiary/aromatic N) is 2. The molecule has 0 fully saturated rings. The first-order valence-corrected chi connectivity index (χ1v) is 8.21. The maximum absolute atomic E-state index is 12.5. The van der Waals surface area contributed by atoms with Gasteiger partial charge >= 0.3 is 0 Å². The molecule has 0 aliphatic carbocycles. The van der Waals surface area contributed by atoms with Crippen LogP contribution in [0.1, 0.15) is 16.2 Å². The van der Waals surface area contributed by atoms with E-state index in [1.807, 2.05) is 30.3 Å². The van der Waals surface area contributed by atoms with Crippen molar-refractivity contribution in [3.63, 3.8) is 0 Å². The Hall–Kier alpha value is -2.63. The molecule has 0 unspecified atom stereocenters. The smallest absolute Gasteiger partial charge is 0.274 e. The number of amides is 1. The van der Waals surface area contributed by atoms with Gasteiger partial charge in [0.2, 0.25) is 5.95 Å². The van der Waals surface area contributed by atoms with Gasteiger partial charge in [0.15, 0.2) is 0 Å². The molecule has 25 heavy (non-hydrogen) atoms. The predicted octanol–water partition coefficient (Wildman–Crippen LogP) is 5.09. The number of aryl methyl sites for hydroxylation is 1. The van der Waals surface area contributed by atoms with Gasteiger partial charge < -0.3 is 10.6 Å². The van der Waals surface area contributed by atoms with Crippen molar-refractivity contribution >= 4 is 46.4 Å². The summed E-state index contributed by atoms with van der Waals surface area (Å²) in [6, 6.07) is 15.9. The normalized spacial score (nSPS) is 10.4. The van der Waals surface area contributed by atoms with Gasteiger partial charge in [0.1, 0.15) is 5.69 Å². The summed E-state index contributed by atoms with van der Waals surface area (Å²) in [6.45, 7) is 1.80. The number of nitrogens with one attached hydrogen (secondary N) is 2. The molecule has 0 saturated heterocycles. The number of carbonyl (C=O) groups excluding carboxylic acids is 1. The third-order valence-corrected chi connectivity index (χ3v) is 3.84. The first-order chi connectivity index (χ1) is 12.0. The minimum Gasteiger partial charge on any atom is -0.324 e. The van der Waals surface area contributed by atoms with Gasteiger partial charge in [-0.1, -0.05) is 41.4 Å². The molecule has 1 aromatic heterocycles. The Morgan fingerprint density at radius 3 is 2.48 bits per heavy atom. The lowest BCUT2D eigenvalue weighted by molar-refractivity contribution is 0.102. The Morgan fingerprint density at radius 2 is 1.76 bits per heavy atom. The molecule has 0 aliphatic heterocycles. The van der Waals surface area contributed by atoms with Crippen LogP contribution in [0.25, 0.3) is 0 Å². The van der Waals surface area contributed by atoms with Crippen LogP contribution in [0.15, 0.2) is 54.6 Å². The number of hydrogen-bond donors (Lipinski definition) is 2.